The number of ether oxygens (including phenoxy) is 1. The normalized spacial score (nSPS) is 25.2. The quantitative estimate of drug-likeness (QED) is 0.814. The minimum Gasteiger partial charge on any atom is -0.497 e. The van der Waals surface area contributed by atoms with E-state index in [9.17, 15) is 4.79 Å². The van der Waals surface area contributed by atoms with Crippen molar-refractivity contribution >= 4 is 5.78 Å². The Hall–Kier alpha value is -1.31. The van der Waals surface area contributed by atoms with E-state index in [-0.39, 0.29) is 11.3 Å². The van der Waals surface area contributed by atoms with Crippen LogP contribution in [0.1, 0.15) is 37.7 Å². The van der Waals surface area contributed by atoms with E-state index in [0.717, 1.165) is 37.9 Å². The highest BCUT2D eigenvalue weighted by Gasteiger charge is 2.52. The lowest BCUT2D eigenvalue weighted by molar-refractivity contribution is -0.130. The maximum atomic E-state index is 12.4. The molecule has 2 heteroatoms. The van der Waals surface area contributed by atoms with Gasteiger partial charge in [0.2, 0.25) is 0 Å². The van der Waals surface area contributed by atoms with Crippen molar-refractivity contribution in [1.82, 2.24) is 0 Å². The van der Waals surface area contributed by atoms with E-state index in [1.54, 1.807) is 7.11 Å². The molecule has 2 nitrogen and oxygen atoms in total. The smallest absolute Gasteiger partial charge is 0.142 e. The van der Waals surface area contributed by atoms with Gasteiger partial charge in [-0.3, -0.25) is 4.79 Å². The third-order valence-corrected chi connectivity index (χ3v) is 4.60. The number of carbonyl (C=O) groups is 1. The Morgan fingerprint density at radius 2 is 1.94 bits per heavy atom. The minimum atomic E-state index is 0.120. The molecule has 2 aliphatic carbocycles. The molecular weight excluding hydrogens is 224 g/mol. The molecule has 1 unspecified atom stereocenters. The lowest BCUT2D eigenvalue weighted by atomic mass is 9.75. The lowest BCUT2D eigenvalue weighted by Gasteiger charge is -2.27. The topological polar surface area (TPSA) is 26.3 Å². The first-order valence-corrected chi connectivity index (χ1v) is 6.91. The number of ketones is 1. The van der Waals surface area contributed by atoms with E-state index < -0.39 is 0 Å². The minimum absolute atomic E-state index is 0.120. The Balaban J connectivity index is 1.69. The second-order valence-electron chi connectivity index (χ2n) is 5.79. The SMILES string of the molecule is COc1ccc(CC2CCCC3(CC3)C2=O)cc1. The summed E-state index contributed by atoms with van der Waals surface area (Å²) in [6.45, 7) is 0. The molecule has 1 aromatic rings. The molecule has 2 saturated carbocycles. The summed E-state index contributed by atoms with van der Waals surface area (Å²) in [5.41, 5.74) is 1.38. The number of benzene rings is 1. The fourth-order valence-corrected chi connectivity index (χ4v) is 3.26. The number of rotatable bonds is 3. The summed E-state index contributed by atoms with van der Waals surface area (Å²) in [6.07, 6.45) is 6.64. The third kappa shape index (κ3) is 2.05. The summed E-state index contributed by atoms with van der Waals surface area (Å²) in [6, 6.07) is 8.13. The molecule has 18 heavy (non-hydrogen) atoms. The van der Waals surface area contributed by atoms with Gasteiger partial charge < -0.3 is 4.74 Å². The maximum absolute atomic E-state index is 12.4. The first-order valence-electron chi connectivity index (χ1n) is 6.91. The van der Waals surface area contributed by atoms with Crippen LogP contribution >= 0.6 is 0 Å². The molecule has 0 saturated heterocycles. The lowest BCUT2D eigenvalue weighted by Crippen LogP contribution is -2.31. The molecule has 1 aromatic carbocycles. The van der Waals surface area contributed by atoms with Gasteiger partial charge in [0.25, 0.3) is 0 Å². The summed E-state index contributed by atoms with van der Waals surface area (Å²) in [5, 5.41) is 0. The Morgan fingerprint density at radius 3 is 2.56 bits per heavy atom. The second kappa shape index (κ2) is 4.42. The zero-order valence-corrected chi connectivity index (χ0v) is 10.9. The molecule has 2 fully saturated rings. The Labute approximate surface area is 108 Å². The molecule has 0 bridgehead atoms. The van der Waals surface area contributed by atoms with E-state index in [1.807, 2.05) is 12.1 Å². The Kier molecular flexibility index (Phi) is 2.89. The van der Waals surface area contributed by atoms with Gasteiger partial charge in [-0.2, -0.15) is 0 Å². The van der Waals surface area contributed by atoms with Crippen LogP contribution in [0.4, 0.5) is 0 Å². The zero-order chi connectivity index (χ0) is 12.6. The van der Waals surface area contributed by atoms with E-state index in [1.165, 1.54) is 12.0 Å². The molecule has 0 radical (unpaired) electrons. The van der Waals surface area contributed by atoms with Gasteiger partial charge in [-0.15, -0.1) is 0 Å². The van der Waals surface area contributed by atoms with Crippen LogP contribution in [0.2, 0.25) is 0 Å². The van der Waals surface area contributed by atoms with Gasteiger partial charge in [-0.1, -0.05) is 18.6 Å². The number of methoxy groups -OCH3 is 1. The number of carbonyl (C=O) groups excluding carboxylic acids is 1. The first-order chi connectivity index (χ1) is 8.73. The first kappa shape index (κ1) is 11.8. The van der Waals surface area contributed by atoms with E-state index in [2.05, 4.69) is 12.1 Å². The van der Waals surface area contributed by atoms with Crippen molar-refractivity contribution in [3.63, 3.8) is 0 Å². The predicted molar refractivity (Wildman–Crippen MR) is 70.7 cm³/mol. The molecule has 0 N–H and O–H groups in total. The van der Waals surface area contributed by atoms with Crippen molar-refractivity contribution < 1.29 is 9.53 Å². The summed E-state index contributed by atoms with van der Waals surface area (Å²) >= 11 is 0. The number of hydrogen-bond acceptors (Lipinski definition) is 2. The molecule has 96 valence electrons. The molecule has 0 amide bonds. The summed E-state index contributed by atoms with van der Waals surface area (Å²) in [5.74, 6) is 1.69. The van der Waals surface area contributed by atoms with Gasteiger partial charge in [-0.25, -0.2) is 0 Å². The van der Waals surface area contributed by atoms with Crippen molar-refractivity contribution in [3.8, 4) is 5.75 Å². The fourth-order valence-electron chi connectivity index (χ4n) is 3.26. The molecule has 0 heterocycles. The van der Waals surface area contributed by atoms with Crippen LogP contribution in [0.3, 0.4) is 0 Å². The third-order valence-electron chi connectivity index (χ3n) is 4.60. The van der Waals surface area contributed by atoms with Gasteiger partial charge in [0.15, 0.2) is 0 Å². The molecular formula is C16H20O2. The zero-order valence-electron chi connectivity index (χ0n) is 10.9. The average Bonchev–Trinajstić information content (AvgIpc) is 3.17. The Bertz CT molecular complexity index is 443. The molecule has 3 rings (SSSR count). The molecule has 1 spiro atoms. The molecule has 1 atom stereocenters. The highest BCUT2D eigenvalue weighted by Crippen LogP contribution is 2.55. The Morgan fingerprint density at radius 1 is 1.22 bits per heavy atom. The highest BCUT2D eigenvalue weighted by molar-refractivity contribution is 5.90. The van der Waals surface area contributed by atoms with E-state index >= 15 is 0 Å². The molecule has 0 aliphatic heterocycles. The predicted octanol–water partition coefficient (Wildman–Crippen LogP) is 3.39. The number of Topliss-reactive ketones (excluding diaryl/α,β-unsaturated/α-hetero) is 1. The summed E-state index contributed by atoms with van der Waals surface area (Å²) in [4.78, 5) is 12.4. The van der Waals surface area contributed by atoms with Gasteiger partial charge in [0, 0.05) is 11.3 Å². The van der Waals surface area contributed by atoms with Gasteiger partial charge in [0.05, 0.1) is 7.11 Å². The maximum Gasteiger partial charge on any atom is 0.142 e. The van der Waals surface area contributed by atoms with Crippen molar-refractivity contribution in [2.75, 3.05) is 7.11 Å². The van der Waals surface area contributed by atoms with Crippen molar-refractivity contribution in [3.05, 3.63) is 29.8 Å². The molecule has 0 aromatic heterocycles. The highest BCUT2D eigenvalue weighted by atomic mass is 16.5. The number of hydrogen-bond donors (Lipinski definition) is 0. The van der Waals surface area contributed by atoms with Crippen LogP contribution in [0.25, 0.3) is 0 Å². The second-order valence-corrected chi connectivity index (χ2v) is 5.79. The van der Waals surface area contributed by atoms with E-state index in [4.69, 9.17) is 4.74 Å². The van der Waals surface area contributed by atoms with Crippen molar-refractivity contribution in [2.45, 2.75) is 38.5 Å². The van der Waals surface area contributed by atoms with Gasteiger partial charge >= 0.3 is 0 Å². The van der Waals surface area contributed by atoms with Crippen LogP contribution in [0, 0.1) is 11.3 Å². The summed E-state index contributed by atoms with van der Waals surface area (Å²) < 4.78 is 5.16. The average molecular weight is 244 g/mol. The van der Waals surface area contributed by atoms with Gasteiger partial charge in [0.1, 0.15) is 11.5 Å². The summed E-state index contributed by atoms with van der Waals surface area (Å²) in [7, 11) is 1.68. The van der Waals surface area contributed by atoms with Gasteiger partial charge in [-0.05, 0) is 49.8 Å². The van der Waals surface area contributed by atoms with Crippen molar-refractivity contribution in [1.29, 1.82) is 0 Å². The van der Waals surface area contributed by atoms with Crippen molar-refractivity contribution in [2.24, 2.45) is 11.3 Å². The molecule has 2 aliphatic rings. The van der Waals surface area contributed by atoms with Crippen LogP contribution in [-0.4, -0.2) is 12.9 Å². The van der Waals surface area contributed by atoms with Crippen LogP contribution < -0.4 is 4.74 Å². The fraction of sp³-hybridized carbons (Fsp3) is 0.562. The van der Waals surface area contributed by atoms with Crippen LogP contribution in [0.5, 0.6) is 5.75 Å². The van der Waals surface area contributed by atoms with Crippen LogP contribution in [0.15, 0.2) is 24.3 Å². The van der Waals surface area contributed by atoms with Crippen LogP contribution in [-0.2, 0) is 11.2 Å². The largest absolute Gasteiger partial charge is 0.497 e. The monoisotopic (exact) mass is 244 g/mol. The van der Waals surface area contributed by atoms with E-state index in [0.29, 0.717) is 5.78 Å². The standard InChI is InChI=1S/C16H20O2/c1-18-14-6-4-12(5-7-14)11-13-3-2-8-16(9-10-16)15(13)17/h4-7,13H,2-3,8-11H2,1H3.